The Balaban J connectivity index is 1.85. The average Bonchev–Trinajstić information content (AvgIpc) is 3.10. The number of rotatable bonds is 5. The molecule has 0 amide bonds. The number of nitrogens with zero attached hydrogens (tertiary/aromatic N) is 3. The molecule has 5 heteroatoms. The van der Waals surface area contributed by atoms with E-state index in [1.165, 1.54) is 0 Å². The van der Waals surface area contributed by atoms with E-state index >= 15 is 0 Å². The van der Waals surface area contributed by atoms with Crippen molar-refractivity contribution in [2.24, 2.45) is 0 Å². The van der Waals surface area contributed by atoms with E-state index in [0.29, 0.717) is 6.04 Å². The number of nitrogens with one attached hydrogen (secondary N) is 1. The van der Waals surface area contributed by atoms with Crippen molar-refractivity contribution >= 4 is 11.0 Å². The molecule has 0 aromatic carbocycles. The van der Waals surface area contributed by atoms with Crippen molar-refractivity contribution in [2.45, 2.75) is 19.4 Å². The molecule has 3 aromatic heterocycles. The zero-order valence-corrected chi connectivity index (χ0v) is 11.7. The Kier molecular flexibility index (Phi) is 3.52. The van der Waals surface area contributed by atoms with Crippen molar-refractivity contribution in [3.63, 3.8) is 0 Å². The molecule has 1 unspecified atom stereocenters. The van der Waals surface area contributed by atoms with Crippen LogP contribution in [0.15, 0.2) is 36.8 Å². The van der Waals surface area contributed by atoms with Crippen LogP contribution in [0.3, 0.4) is 0 Å². The second-order valence-electron chi connectivity index (χ2n) is 4.96. The van der Waals surface area contributed by atoms with Crippen LogP contribution in [0.25, 0.3) is 22.3 Å². The van der Waals surface area contributed by atoms with E-state index in [1.807, 2.05) is 23.0 Å². The Bertz CT molecular complexity index is 668. The predicted octanol–water partition coefficient (Wildman–Crippen LogP) is 3.02. The summed E-state index contributed by atoms with van der Waals surface area (Å²) in [4.78, 5) is 7.63. The lowest BCUT2D eigenvalue weighted by atomic mass is 10.2. The molecule has 3 rings (SSSR count). The first kappa shape index (κ1) is 12.9. The van der Waals surface area contributed by atoms with Crippen molar-refractivity contribution < 1.29 is 4.74 Å². The number of hydrogen-bond donors (Lipinski definition) is 1. The van der Waals surface area contributed by atoms with Gasteiger partial charge in [0, 0.05) is 37.1 Å². The fourth-order valence-corrected chi connectivity index (χ4v) is 2.25. The van der Waals surface area contributed by atoms with E-state index in [-0.39, 0.29) is 0 Å². The largest absolute Gasteiger partial charge is 0.385 e. The summed E-state index contributed by atoms with van der Waals surface area (Å²) in [5.74, 6) is 0. The molecule has 104 valence electrons. The van der Waals surface area contributed by atoms with Crippen LogP contribution in [0.1, 0.15) is 19.4 Å². The second kappa shape index (κ2) is 5.46. The van der Waals surface area contributed by atoms with Crippen molar-refractivity contribution in [2.75, 3.05) is 13.7 Å². The van der Waals surface area contributed by atoms with E-state index in [1.54, 1.807) is 13.3 Å². The standard InChI is InChI=1S/C15H18N4O/c1-11(5-7-20-2)19-10-13(9-17-19)14-8-12-4-3-6-16-15(12)18-14/h3-4,6,8-11H,5,7H2,1-2H3,(H,16,18). The number of fused-ring (bicyclic) bond motifs is 1. The third-order valence-corrected chi connectivity index (χ3v) is 3.50. The van der Waals surface area contributed by atoms with Crippen molar-refractivity contribution in [3.05, 3.63) is 36.8 Å². The average molecular weight is 270 g/mol. The minimum atomic E-state index is 0.325. The van der Waals surface area contributed by atoms with E-state index in [2.05, 4.69) is 34.3 Å². The van der Waals surface area contributed by atoms with E-state index in [0.717, 1.165) is 35.3 Å². The van der Waals surface area contributed by atoms with Crippen molar-refractivity contribution in [1.82, 2.24) is 19.7 Å². The van der Waals surface area contributed by atoms with E-state index in [9.17, 15) is 0 Å². The van der Waals surface area contributed by atoms with Gasteiger partial charge in [0.2, 0.25) is 0 Å². The Labute approximate surface area is 117 Å². The van der Waals surface area contributed by atoms with Crippen LogP contribution in [0.5, 0.6) is 0 Å². The molecule has 1 atom stereocenters. The maximum atomic E-state index is 5.11. The van der Waals surface area contributed by atoms with E-state index < -0.39 is 0 Å². The Morgan fingerprint density at radius 3 is 3.15 bits per heavy atom. The lowest BCUT2D eigenvalue weighted by Crippen LogP contribution is -2.07. The molecule has 3 aromatic rings. The number of hydrogen-bond acceptors (Lipinski definition) is 3. The zero-order chi connectivity index (χ0) is 13.9. The van der Waals surface area contributed by atoms with Gasteiger partial charge in [0.15, 0.2) is 0 Å². The first-order valence-electron chi connectivity index (χ1n) is 6.75. The minimum absolute atomic E-state index is 0.325. The Hall–Kier alpha value is -2.14. The van der Waals surface area contributed by atoms with Gasteiger partial charge in [-0.05, 0) is 31.5 Å². The predicted molar refractivity (Wildman–Crippen MR) is 78.5 cm³/mol. The lowest BCUT2D eigenvalue weighted by molar-refractivity contribution is 0.178. The fourth-order valence-electron chi connectivity index (χ4n) is 2.25. The van der Waals surface area contributed by atoms with Gasteiger partial charge in [-0.2, -0.15) is 5.10 Å². The van der Waals surface area contributed by atoms with Crippen molar-refractivity contribution in [3.8, 4) is 11.3 Å². The molecule has 3 heterocycles. The number of H-pyrrole nitrogens is 1. The molecule has 0 saturated carbocycles. The summed E-state index contributed by atoms with van der Waals surface area (Å²) in [5.41, 5.74) is 3.03. The highest BCUT2D eigenvalue weighted by atomic mass is 16.5. The number of aromatic nitrogens is 4. The van der Waals surface area contributed by atoms with Gasteiger partial charge in [-0.15, -0.1) is 0 Å². The summed E-state index contributed by atoms with van der Waals surface area (Å²) in [5, 5.41) is 5.55. The van der Waals surface area contributed by atoms with Crippen molar-refractivity contribution in [1.29, 1.82) is 0 Å². The molecule has 1 N–H and O–H groups in total. The third-order valence-electron chi connectivity index (χ3n) is 3.50. The molecule has 20 heavy (non-hydrogen) atoms. The van der Waals surface area contributed by atoms with E-state index in [4.69, 9.17) is 4.74 Å². The van der Waals surface area contributed by atoms with Crippen LogP contribution >= 0.6 is 0 Å². The number of methoxy groups -OCH3 is 1. The zero-order valence-electron chi connectivity index (χ0n) is 11.7. The number of aromatic amines is 1. The van der Waals surface area contributed by atoms with Gasteiger partial charge < -0.3 is 9.72 Å². The maximum Gasteiger partial charge on any atom is 0.137 e. The van der Waals surface area contributed by atoms with Gasteiger partial charge in [0.25, 0.3) is 0 Å². The van der Waals surface area contributed by atoms with Gasteiger partial charge >= 0.3 is 0 Å². The number of ether oxygens (including phenoxy) is 1. The van der Waals surface area contributed by atoms with Gasteiger partial charge in [-0.1, -0.05) is 0 Å². The minimum Gasteiger partial charge on any atom is -0.385 e. The third kappa shape index (κ3) is 2.44. The quantitative estimate of drug-likeness (QED) is 0.775. The molecular formula is C15H18N4O. The van der Waals surface area contributed by atoms with Crippen LogP contribution in [0.2, 0.25) is 0 Å². The molecule has 5 nitrogen and oxygen atoms in total. The molecule has 0 saturated heterocycles. The van der Waals surface area contributed by atoms with Gasteiger partial charge in [0.05, 0.1) is 17.9 Å². The fraction of sp³-hybridized carbons (Fsp3) is 0.333. The lowest BCUT2D eigenvalue weighted by Gasteiger charge is -2.10. The van der Waals surface area contributed by atoms with Gasteiger partial charge in [-0.25, -0.2) is 4.98 Å². The SMILES string of the molecule is COCCC(C)n1cc(-c2cc3cccnc3[nH]2)cn1. The maximum absolute atomic E-state index is 5.11. The monoisotopic (exact) mass is 270 g/mol. The highest BCUT2D eigenvalue weighted by molar-refractivity contribution is 5.82. The van der Waals surface area contributed by atoms with Gasteiger partial charge in [-0.3, -0.25) is 4.68 Å². The molecule has 0 spiro atoms. The molecule has 0 aliphatic rings. The summed E-state index contributed by atoms with van der Waals surface area (Å²) in [6, 6.07) is 6.42. The second-order valence-corrected chi connectivity index (χ2v) is 4.96. The molecule has 0 radical (unpaired) electrons. The van der Waals surface area contributed by atoms with Crippen LogP contribution in [-0.4, -0.2) is 33.5 Å². The normalized spacial score (nSPS) is 12.9. The molecule has 0 fully saturated rings. The highest BCUT2D eigenvalue weighted by Gasteiger charge is 2.09. The van der Waals surface area contributed by atoms with Gasteiger partial charge in [0.1, 0.15) is 5.65 Å². The molecular weight excluding hydrogens is 252 g/mol. The molecule has 0 aliphatic heterocycles. The molecule has 0 aliphatic carbocycles. The summed E-state index contributed by atoms with van der Waals surface area (Å²) >= 11 is 0. The summed E-state index contributed by atoms with van der Waals surface area (Å²) < 4.78 is 7.09. The summed E-state index contributed by atoms with van der Waals surface area (Å²) in [6.07, 6.45) is 6.68. The summed E-state index contributed by atoms with van der Waals surface area (Å²) in [7, 11) is 1.72. The molecule has 0 bridgehead atoms. The number of pyridine rings is 1. The topological polar surface area (TPSA) is 55.7 Å². The Morgan fingerprint density at radius 1 is 1.45 bits per heavy atom. The first-order valence-corrected chi connectivity index (χ1v) is 6.75. The first-order chi connectivity index (χ1) is 9.78. The summed E-state index contributed by atoms with van der Waals surface area (Å²) in [6.45, 7) is 2.88. The van der Waals surface area contributed by atoms with Crippen LogP contribution < -0.4 is 0 Å². The van der Waals surface area contributed by atoms with Crippen LogP contribution in [0, 0.1) is 0 Å². The Morgan fingerprint density at radius 2 is 2.35 bits per heavy atom. The highest BCUT2D eigenvalue weighted by Crippen LogP contribution is 2.23. The van der Waals surface area contributed by atoms with Crippen LogP contribution in [0.4, 0.5) is 0 Å². The van der Waals surface area contributed by atoms with Crippen LogP contribution in [-0.2, 0) is 4.74 Å². The smallest absolute Gasteiger partial charge is 0.137 e.